The van der Waals surface area contributed by atoms with E-state index in [-0.39, 0.29) is 18.3 Å². The second-order valence-electron chi connectivity index (χ2n) is 2.94. The summed E-state index contributed by atoms with van der Waals surface area (Å²) in [6, 6.07) is 0. The summed E-state index contributed by atoms with van der Waals surface area (Å²) in [6.07, 6.45) is -0.702. The zero-order valence-corrected chi connectivity index (χ0v) is 6.40. The highest BCUT2D eigenvalue weighted by molar-refractivity contribution is 4.94. The molecule has 0 saturated carbocycles. The second-order valence-corrected chi connectivity index (χ2v) is 2.94. The normalized spacial score (nSPS) is 49.6. The summed E-state index contributed by atoms with van der Waals surface area (Å²) in [5.74, 6) is 0. The van der Waals surface area contributed by atoms with Crippen LogP contribution in [0.2, 0.25) is 0 Å². The monoisotopic (exact) mass is 160 g/mol. The van der Waals surface area contributed by atoms with Gasteiger partial charge in [0, 0.05) is 7.11 Å². The van der Waals surface area contributed by atoms with E-state index in [0.717, 1.165) is 0 Å². The molecule has 64 valence electrons. The van der Waals surface area contributed by atoms with Crippen LogP contribution in [0.1, 0.15) is 0 Å². The van der Waals surface area contributed by atoms with E-state index >= 15 is 0 Å². The standard InChI is InChI=1S/C7H12O4/c1-9-5-3-11-6-4(8)2-10-7(5)6/h4-8H,2-3H2,1H3/t4-,5+,6-,7-/m0/s1. The Morgan fingerprint density at radius 3 is 2.73 bits per heavy atom. The molecule has 0 aromatic carbocycles. The van der Waals surface area contributed by atoms with Crippen LogP contribution in [0.3, 0.4) is 0 Å². The molecule has 2 saturated heterocycles. The van der Waals surface area contributed by atoms with Crippen molar-refractivity contribution < 1.29 is 19.3 Å². The highest BCUT2D eigenvalue weighted by Crippen LogP contribution is 2.28. The maximum Gasteiger partial charge on any atom is 0.115 e. The molecule has 2 fully saturated rings. The highest BCUT2D eigenvalue weighted by Gasteiger charge is 2.47. The van der Waals surface area contributed by atoms with Crippen molar-refractivity contribution in [3.8, 4) is 0 Å². The molecular formula is C7H12O4. The number of ether oxygens (including phenoxy) is 3. The van der Waals surface area contributed by atoms with Crippen LogP contribution in [0, 0.1) is 0 Å². The van der Waals surface area contributed by atoms with Crippen molar-refractivity contribution in [1.82, 2.24) is 0 Å². The molecule has 2 aliphatic rings. The Kier molecular flexibility index (Phi) is 1.85. The lowest BCUT2D eigenvalue weighted by Gasteiger charge is -2.12. The van der Waals surface area contributed by atoms with Gasteiger partial charge in [0.15, 0.2) is 0 Å². The lowest BCUT2D eigenvalue weighted by atomic mass is 10.1. The average Bonchev–Trinajstić information content (AvgIpc) is 2.53. The molecule has 4 nitrogen and oxygen atoms in total. The van der Waals surface area contributed by atoms with Crippen LogP contribution in [-0.4, -0.2) is 49.8 Å². The summed E-state index contributed by atoms with van der Waals surface area (Å²) in [5.41, 5.74) is 0. The zero-order chi connectivity index (χ0) is 7.84. The van der Waals surface area contributed by atoms with E-state index in [1.165, 1.54) is 0 Å². The molecule has 11 heavy (non-hydrogen) atoms. The van der Waals surface area contributed by atoms with Crippen LogP contribution in [0.4, 0.5) is 0 Å². The van der Waals surface area contributed by atoms with Crippen LogP contribution >= 0.6 is 0 Å². The fraction of sp³-hybridized carbons (Fsp3) is 1.00. The molecule has 0 amide bonds. The molecule has 4 atom stereocenters. The maximum absolute atomic E-state index is 9.31. The van der Waals surface area contributed by atoms with Crippen molar-refractivity contribution in [3.63, 3.8) is 0 Å². The predicted molar refractivity (Wildman–Crippen MR) is 36.3 cm³/mol. The Morgan fingerprint density at radius 1 is 1.27 bits per heavy atom. The number of hydrogen-bond donors (Lipinski definition) is 1. The first-order chi connectivity index (χ1) is 5.33. The average molecular weight is 160 g/mol. The Bertz CT molecular complexity index is 149. The molecule has 0 bridgehead atoms. The third-order valence-electron chi connectivity index (χ3n) is 2.28. The van der Waals surface area contributed by atoms with Gasteiger partial charge < -0.3 is 19.3 Å². The van der Waals surface area contributed by atoms with Gasteiger partial charge in [-0.2, -0.15) is 0 Å². The third kappa shape index (κ3) is 1.06. The van der Waals surface area contributed by atoms with Gasteiger partial charge in [0.05, 0.1) is 13.2 Å². The fourth-order valence-electron chi connectivity index (χ4n) is 1.65. The number of hydrogen-bond acceptors (Lipinski definition) is 4. The molecule has 0 spiro atoms. The van der Waals surface area contributed by atoms with Gasteiger partial charge in [-0.05, 0) is 0 Å². The van der Waals surface area contributed by atoms with Crippen LogP contribution in [0.25, 0.3) is 0 Å². The molecule has 0 aromatic rings. The maximum atomic E-state index is 9.31. The Labute approximate surface area is 65.1 Å². The lowest BCUT2D eigenvalue weighted by Crippen LogP contribution is -2.32. The first-order valence-corrected chi connectivity index (χ1v) is 3.77. The molecule has 0 radical (unpaired) electrons. The van der Waals surface area contributed by atoms with Crippen molar-refractivity contribution >= 4 is 0 Å². The van der Waals surface area contributed by atoms with E-state index in [2.05, 4.69) is 0 Å². The van der Waals surface area contributed by atoms with Gasteiger partial charge >= 0.3 is 0 Å². The predicted octanol–water partition coefficient (Wildman–Crippen LogP) is -0.840. The van der Waals surface area contributed by atoms with Gasteiger partial charge in [0.2, 0.25) is 0 Å². The fourth-order valence-corrected chi connectivity index (χ4v) is 1.65. The minimum atomic E-state index is -0.472. The smallest absolute Gasteiger partial charge is 0.115 e. The van der Waals surface area contributed by atoms with Gasteiger partial charge in [0.25, 0.3) is 0 Å². The van der Waals surface area contributed by atoms with E-state index in [4.69, 9.17) is 14.2 Å². The van der Waals surface area contributed by atoms with Gasteiger partial charge in [0.1, 0.15) is 24.4 Å². The molecule has 2 rings (SSSR count). The van der Waals surface area contributed by atoms with Crippen LogP contribution in [0.15, 0.2) is 0 Å². The molecule has 0 aromatic heterocycles. The third-order valence-corrected chi connectivity index (χ3v) is 2.28. The van der Waals surface area contributed by atoms with Crippen molar-refractivity contribution in [2.45, 2.75) is 24.4 Å². The molecule has 1 N–H and O–H groups in total. The number of methoxy groups -OCH3 is 1. The largest absolute Gasteiger partial charge is 0.388 e. The lowest BCUT2D eigenvalue weighted by molar-refractivity contribution is -0.0168. The van der Waals surface area contributed by atoms with Gasteiger partial charge in [-0.3, -0.25) is 0 Å². The van der Waals surface area contributed by atoms with Crippen molar-refractivity contribution in [3.05, 3.63) is 0 Å². The summed E-state index contributed by atoms with van der Waals surface area (Å²) in [4.78, 5) is 0. The molecule has 4 heteroatoms. The SMILES string of the molecule is CO[C@@H]1CO[C@@H]2[C@H]1OC[C@@H]2O. The van der Waals surface area contributed by atoms with Crippen molar-refractivity contribution in [2.75, 3.05) is 20.3 Å². The first-order valence-electron chi connectivity index (χ1n) is 3.77. The molecular weight excluding hydrogens is 148 g/mol. The number of fused-ring (bicyclic) bond motifs is 1. The van der Waals surface area contributed by atoms with Crippen LogP contribution < -0.4 is 0 Å². The summed E-state index contributed by atoms with van der Waals surface area (Å²) >= 11 is 0. The van der Waals surface area contributed by atoms with Gasteiger partial charge in [-0.15, -0.1) is 0 Å². The van der Waals surface area contributed by atoms with Gasteiger partial charge in [-0.1, -0.05) is 0 Å². The van der Waals surface area contributed by atoms with Crippen LogP contribution in [-0.2, 0) is 14.2 Å². The number of aliphatic hydroxyl groups excluding tert-OH is 1. The van der Waals surface area contributed by atoms with E-state index in [9.17, 15) is 5.11 Å². The molecule has 0 unspecified atom stereocenters. The summed E-state index contributed by atoms with van der Waals surface area (Å²) in [6.45, 7) is 0.901. The minimum absolute atomic E-state index is 0.00264. The van der Waals surface area contributed by atoms with Crippen molar-refractivity contribution in [1.29, 1.82) is 0 Å². The Morgan fingerprint density at radius 2 is 2.00 bits per heavy atom. The molecule has 0 aliphatic carbocycles. The molecule has 2 aliphatic heterocycles. The zero-order valence-electron chi connectivity index (χ0n) is 6.40. The Hall–Kier alpha value is -0.160. The summed E-state index contributed by atoms with van der Waals surface area (Å²) < 4.78 is 15.7. The van der Waals surface area contributed by atoms with E-state index < -0.39 is 6.10 Å². The quantitative estimate of drug-likeness (QED) is 0.543. The van der Waals surface area contributed by atoms with E-state index in [1.54, 1.807) is 7.11 Å². The Balaban J connectivity index is 2.04. The summed E-state index contributed by atoms with van der Waals surface area (Å²) in [7, 11) is 1.63. The number of rotatable bonds is 1. The molecule has 2 heterocycles. The van der Waals surface area contributed by atoms with Crippen LogP contribution in [0.5, 0.6) is 0 Å². The van der Waals surface area contributed by atoms with E-state index in [0.29, 0.717) is 13.2 Å². The second kappa shape index (κ2) is 2.71. The highest BCUT2D eigenvalue weighted by atomic mass is 16.6. The van der Waals surface area contributed by atoms with Gasteiger partial charge in [-0.25, -0.2) is 0 Å². The minimum Gasteiger partial charge on any atom is -0.388 e. The topological polar surface area (TPSA) is 47.9 Å². The number of aliphatic hydroxyl groups is 1. The summed E-state index contributed by atoms with van der Waals surface area (Å²) in [5, 5.41) is 9.31. The first kappa shape index (κ1) is 7.49. The van der Waals surface area contributed by atoms with E-state index in [1.807, 2.05) is 0 Å². The van der Waals surface area contributed by atoms with Crippen molar-refractivity contribution in [2.24, 2.45) is 0 Å².